The molecule has 1 aromatic heterocycles. The highest BCUT2D eigenvalue weighted by Gasteiger charge is 2.51. The second-order valence-corrected chi connectivity index (χ2v) is 7.20. The average molecular weight is 358 g/mol. The molecular weight excluding hydrogens is 327 g/mol. The van der Waals surface area contributed by atoms with Gasteiger partial charge in [-0.2, -0.15) is 5.10 Å². The summed E-state index contributed by atoms with van der Waals surface area (Å²) in [6, 6.07) is 8.28. The Morgan fingerprint density at radius 1 is 1.00 bits per heavy atom. The summed E-state index contributed by atoms with van der Waals surface area (Å²) in [6.45, 7) is 13.7. The van der Waals surface area contributed by atoms with Crippen LogP contribution in [0.15, 0.2) is 36.7 Å². The number of hydrogen-bond acceptors (Lipinski definition) is 4. The standard InChI is InChI=1S/C18H25BN2O3.C2H6/c1-17(2)18(3,4)24-19(23-17)16-8-6-14(7-9-16)15-12-20-21(13-15)10-11-22-5;1-2/h6-9,12-13H,10-11H2,1-5H3;1-2H3. The Morgan fingerprint density at radius 3 is 2.12 bits per heavy atom. The molecule has 26 heavy (non-hydrogen) atoms. The van der Waals surface area contributed by atoms with Crippen molar-refractivity contribution in [2.75, 3.05) is 13.7 Å². The van der Waals surface area contributed by atoms with Gasteiger partial charge in [0, 0.05) is 18.9 Å². The van der Waals surface area contributed by atoms with Gasteiger partial charge >= 0.3 is 7.12 Å². The van der Waals surface area contributed by atoms with Crippen LogP contribution in [0.4, 0.5) is 0 Å². The average Bonchev–Trinajstić information content (AvgIpc) is 3.17. The SMILES string of the molecule is CC.COCCn1cc(-c2ccc(B3OC(C)(C)C(C)(C)O3)cc2)cn1. The van der Waals surface area contributed by atoms with Gasteiger partial charge in [-0.3, -0.25) is 4.68 Å². The van der Waals surface area contributed by atoms with Crippen LogP contribution in [-0.4, -0.2) is 41.8 Å². The molecule has 0 N–H and O–H groups in total. The second-order valence-electron chi connectivity index (χ2n) is 7.20. The third-order valence-electron chi connectivity index (χ3n) is 4.93. The molecule has 6 heteroatoms. The first-order valence-corrected chi connectivity index (χ1v) is 9.30. The molecule has 1 aliphatic heterocycles. The van der Waals surface area contributed by atoms with Crippen molar-refractivity contribution in [3.05, 3.63) is 36.7 Å². The van der Waals surface area contributed by atoms with Crippen LogP contribution in [0.2, 0.25) is 0 Å². The third-order valence-corrected chi connectivity index (χ3v) is 4.93. The zero-order chi connectivity index (χ0) is 19.4. The summed E-state index contributed by atoms with van der Waals surface area (Å²) in [4.78, 5) is 0. The van der Waals surface area contributed by atoms with Crippen LogP contribution in [0.1, 0.15) is 41.5 Å². The molecule has 1 aromatic carbocycles. The van der Waals surface area contributed by atoms with Crippen LogP contribution >= 0.6 is 0 Å². The number of nitrogens with zero attached hydrogens (tertiary/aromatic N) is 2. The molecule has 0 spiro atoms. The predicted molar refractivity (Wildman–Crippen MR) is 107 cm³/mol. The van der Waals surface area contributed by atoms with E-state index in [1.165, 1.54) is 0 Å². The lowest BCUT2D eigenvalue weighted by atomic mass is 9.78. The first kappa shape index (κ1) is 20.7. The van der Waals surface area contributed by atoms with E-state index >= 15 is 0 Å². The molecule has 3 rings (SSSR count). The summed E-state index contributed by atoms with van der Waals surface area (Å²) in [5, 5.41) is 4.36. The van der Waals surface area contributed by atoms with E-state index in [9.17, 15) is 0 Å². The normalized spacial score (nSPS) is 17.7. The molecule has 0 atom stereocenters. The monoisotopic (exact) mass is 358 g/mol. The van der Waals surface area contributed by atoms with E-state index in [-0.39, 0.29) is 18.3 Å². The van der Waals surface area contributed by atoms with Crippen molar-refractivity contribution < 1.29 is 14.0 Å². The van der Waals surface area contributed by atoms with Crippen molar-refractivity contribution in [1.82, 2.24) is 9.78 Å². The van der Waals surface area contributed by atoms with E-state index < -0.39 is 0 Å². The van der Waals surface area contributed by atoms with Crippen LogP contribution in [0.25, 0.3) is 11.1 Å². The largest absolute Gasteiger partial charge is 0.494 e. The second kappa shape index (κ2) is 8.38. The maximum atomic E-state index is 6.09. The molecular formula is C20H31BN2O3. The maximum Gasteiger partial charge on any atom is 0.494 e. The number of methoxy groups -OCH3 is 1. The highest BCUT2D eigenvalue weighted by Crippen LogP contribution is 2.36. The number of benzene rings is 1. The predicted octanol–water partition coefficient (Wildman–Crippen LogP) is 3.52. The van der Waals surface area contributed by atoms with Crippen LogP contribution in [0, 0.1) is 0 Å². The Hall–Kier alpha value is -1.63. The van der Waals surface area contributed by atoms with E-state index in [4.69, 9.17) is 14.0 Å². The number of hydrogen-bond donors (Lipinski definition) is 0. The molecule has 1 aliphatic rings. The zero-order valence-electron chi connectivity index (χ0n) is 17.1. The van der Waals surface area contributed by atoms with Crippen LogP contribution in [-0.2, 0) is 20.6 Å². The lowest BCUT2D eigenvalue weighted by Crippen LogP contribution is -2.41. The Bertz CT molecular complexity index is 679. The molecule has 1 fully saturated rings. The van der Waals surface area contributed by atoms with Gasteiger partial charge in [-0.05, 0) is 38.7 Å². The van der Waals surface area contributed by atoms with Crippen molar-refractivity contribution in [2.45, 2.75) is 59.3 Å². The van der Waals surface area contributed by atoms with Crippen LogP contribution in [0.5, 0.6) is 0 Å². The van der Waals surface area contributed by atoms with E-state index in [1.807, 2.05) is 30.9 Å². The molecule has 0 radical (unpaired) electrons. The summed E-state index contributed by atoms with van der Waals surface area (Å²) < 4.78 is 19.2. The van der Waals surface area contributed by atoms with Gasteiger partial charge in [0.2, 0.25) is 0 Å². The van der Waals surface area contributed by atoms with Gasteiger partial charge < -0.3 is 14.0 Å². The van der Waals surface area contributed by atoms with E-state index in [1.54, 1.807) is 7.11 Å². The fourth-order valence-corrected chi connectivity index (χ4v) is 2.63. The fourth-order valence-electron chi connectivity index (χ4n) is 2.63. The Kier molecular flexibility index (Phi) is 6.66. The summed E-state index contributed by atoms with van der Waals surface area (Å²) in [5.74, 6) is 0. The lowest BCUT2D eigenvalue weighted by molar-refractivity contribution is 0.00578. The van der Waals surface area contributed by atoms with Gasteiger partial charge in [-0.15, -0.1) is 0 Å². The summed E-state index contributed by atoms with van der Waals surface area (Å²) in [7, 11) is 1.37. The highest BCUT2D eigenvalue weighted by atomic mass is 16.7. The summed E-state index contributed by atoms with van der Waals surface area (Å²) in [6.07, 6.45) is 3.91. The quantitative estimate of drug-likeness (QED) is 0.768. The highest BCUT2D eigenvalue weighted by molar-refractivity contribution is 6.62. The summed E-state index contributed by atoms with van der Waals surface area (Å²) >= 11 is 0. The zero-order valence-corrected chi connectivity index (χ0v) is 17.1. The number of aromatic nitrogens is 2. The molecule has 5 nitrogen and oxygen atoms in total. The van der Waals surface area contributed by atoms with Gasteiger partial charge in [-0.25, -0.2) is 0 Å². The molecule has 2 aromatic rings. The molecule has 0 bridgehead atoms. The van der Waals surface area contributed by atoms with Crippen LogP contribution < -0.4 is 5.46 Å². The Labute approximate surface area is 157 Å². The fraction of sp³-hybridized carbons (Fsp3) is 0.550. The van der Waals surface area contributed by atoms with Gasteiger partial charge in [0.25, 0.3) is 0 Å². The van der Waals surface area contributed by atoms with Crippen molar-refractivity contribution in [3.8, 4) is 11.1 Å². The van der Waals surface area contributed by atoms with Crippen molar-refractivity contribution in [1.29, 1.82) is 0 Å². The van der Waals surface area contributed by atoms with Gasteiger partial charge in [0.05, 0.1) is 30.6 Å². The minimum atomic E-state index is -0.325. The number of ether oxygens (including phenoxy) is 1. The topological polar surface area (TPSA) is 45.5 Å². The number of rotatable bonds is 5. The molecule has 0 unspecified atom stereocenters. The minimum Gasteiger partial charge on any atom is -0.399 e. The molecule has 142 valence electrons. The molecule has 0 saturated carbocycles. The lowest BCUT2D eigenvalue weighted by Gasteiger charge is -2.32. The molecule has 0 aliphatic carbocycles. The van der Waals surface area contributed by atoms with Gasteiger partial charge in [0.1, 0.15) is 0 Å². The first-order valence-electron chi connectivity index (χ1n) is 9.30. The molecule has 0 amide bonds. The van der Waals surface area contributed by atoms with Crippen LogP contribution in [0.3, 0.4) is 0 Å². The Balaban J connectivity index is 0.00000117. The third kappa shape index (κ3) is 4.37. The van der Waals surface area contributed by atoms with Crippen molar-refractivity contribution in [2.24, 2.45) is 0 Å². The van der Waals surface area contributed by atoms with Gasteiger partial charge in [-0.1, -0.05) is 38.1 Å². The van der Waals surface area contributed by atoms with E-state index in [0.29, 0.717) is 6.61 Å². The van der Waals surface area contributed by atoms with E-state index in [0.717, 1.165) is 23.1 Å². The first-order chi connectivity index (χ1) is 12.3. The molecule has 2 heterocycles. The summed E-state index contributed by atoms with van der Waals surface area (Å²) in [5.41, 5.74) is 2.60. The molecule has 1 saturated heterocycles. The van der Waals surface area contributed by atoms with Gasteiger partial charge in [0.15, 0.2) is 0 Å². The van der Waals surface area contributed by atoms with E-state index in [2.05, 4.69) is 57.1 Å². The Morgan fingerprint density at radius 2 is 1.58 bits per heavy atom. The maximum absolute atomic E-state index is 6.09. The van der Waals surface area contributed by atoms with Crippen molar-refractivity contribution >= 4 is 12.6 Å². The smallest absolute Gasteiger partial charge is 0.399 e. The van der Waals surface area contributed by atoms with Crippen molar-refractivity contribution in [3.63, 3.8) is 0 Å². The minimum absolute atomic E-state index is 0.321.